The van der Waals surface area contributed by atoms with Crippen molar-refractivity contribution >= 4 is 21.9 Å². The van der Waals surface area contributed by atoms with E-state index in [0.29, 0.717) is 24.4 Å². The van der Waals surface area contributed by atoms with E-state index in [1.807, 2.05) is 12.1 Å². The molecule has 2 unspecified atom stereocenters. The number of benzene rings is 2. The van der Waals surface area contributed by atoms with Crippen LogP contribution in [0.25, 0.3) is 0 Å². The number of aliphatic hydroxyl groups is 2. The summed E-state index contributed by atoms with van der Waals surface area (Å²) in [5.41, 5.74) is 1.75. The molecule has 1 heterocycles. The Hall–Kier alpha value is -1.93. The minimum absolute atomic E-state index is 0.229. The lowest BCUT2D eigenvalue weighted by Crippen LogP contribution is -2.40. The van der Waals surface area contributed by atoms with Gasteiger partial charge in [-0.15, -0.1) is 0 Å². The summed E-state index contributed by atoms with van der Waals surface area (Å²) in [5, 5.41) is 29.6. The first-order valence-electron chi connectivity index (χ1n) is 9.25. The van der Waals surface area contributed by atoms with Crippen LogP contribution in [0.1, 0.15) is 40.4 Å². The van der Waals surface area contributed by atoms with Crippen LogP contribution in [-0.2, 0) is 6.61 Å². The molecule has 0 saturated carbocycles. The van der Waals surface area contributed by atoms with E-state index in [-0.39, 0.29) is 18.3 Å². The smallest absolute Gasteiger partial charge is 0.335 e. The predicted octanol–water partition coefficient (Wildman–Crippen LogP) is 3.22. The minimum Gasteiger partial charge on any atom is -0.489 e. The van der Waals surface area contributed by atoms with Crippen molar-refractivity contribution in [3.63, 3.8) is 0 Å². The number of ether oxygens (including phenoxy) is 1. The van der Waals surface area contributed by atoms with E-state index < -0.39 is 12.1 Å². The number of β-amino-alcohol motifs (C(OH)–C–C–N with tert-alkyl or cyclic N) is 2. The van der Waals surface area contributed by atoms with Gasteiger partial charge in [-0.05, 0) is 55.3 Å². The molecule has 7 heteroatoms. The van der Waals surface area contributed by atoms with Crippen molar-refractivity contribution in [2.75, 3.05) is 19.6 Å². The highest BCUT2D eigenvalue weighted by molar-refractivity contribution is 9.10. The number of likely N-dealkylation sites (tertiary alicyclic amines) is 1. The van der Waals surface area contributed by atoms with Crippen LogP contribution >= 0.6 is 15.9 Å². The Labute approximate surface area is 172 Å². The van der Waals surface area contributed by atoms with E-state index in [2.05, 4.69) is 20.8 Å². The molecule has 0 aliphatic carbocycles. The molecule has 3 rings (SSSR count). The van der Waals surface area contributed by atoms with Gasteiger partial charge in [0.1, 0.15) is 12.4 Å². The summed E-state index contributed by atoms with van der Waals surface area (Å²) < 4.78 is 6.76. The van der Waals surface area contributed by atoms with Gasteiger partial charge in [0.25, 0.3) is 0 Å². The normalized spacial score (nSPS) is 18.6. The van der Waals surface area contributed by atoms with Crippen molar-refractivity contribution in [3.05, 3.63) is 63.6 Å². The van der Waals surface area contributed by atoms with Crippen LogP contribution in [0.3, 0.4) is 0 Å². The molecule has 0 spiro atoms. The molecule has 2 aromatic rings. The standard InChI is InChI=1S/C21H24BrNO5/c22-16-7-8-20(28-13-14-3-5-15(6-4-14)21(26)27)18(10-16)19(25)12-23-9-1-2-17(24)11-23/h3-8,10,17,19,24-25H,1-2,9,11-13H2,(H,26,27). The van der Waals surface area contributed by atoms with E-state index >= 15 is 0 Å². The number of carbonyl (C=O) groups is 1. The van der Waals surface area contributed by atoms with Crippen molar-refractivity contribution in [1.29, 1.82) is 0 Å². The number of halogens is 1. The fraction of sp³-hybridized carbons (Fsp3) is 0.381. The third-order valence-corrected chi connectivity index (χ3v) is 5.33. The highest BCUT2D eigenvalue weighted by Crippen LogP contribution is 2.30. The number of carboxylic acids is 1. The second-order valence-electron chi connectivity index (χ2n) is 7.04. The monoisotopic (exact) mass is 449 g/mol. The number of nitrogens with zero attached hydrogens (tertiary/aromatic N) is 1. The Balaban J connectivity index is 1.68. The predicted molar refractivity (Wildman–Crippen MR) is 109 cm³/mol. The van der Waals surface area contributed by atoms with Crippen molar-refractivity contribution in [1.82, 2.24) is 4.90 Å². The van der Waals surface area contributed by atoms with Gasteiger partial charge in [0.2, 0.25) is 0 Å². The summed E-state index contributed by atoms with van der Waals surface area (Å²) in [6.45, 7) is 2.12. The Morgan fingerprint density at radius 1 is 1.25 bits per heavy atom. The largest absolute Gasteiger partial charge is 0.489 e. The fourth-order valence-corrected chi connectivity index (χ4v) is 3.73. The number of aliphatic hydroxyl groups excluding tert-OH is 2. The molecule has 1 saturated heterocycles. The molecule has 2 atom stereocenters. The van der Waals surface area contributed by atoms with E-state index in [9.17, 15) is 15.0 Å². The van der Waals surface area contributed by atoms with Gasteiger partial charge in [-0.2, -0.15) is 0 Å². The number of rotatable bonds is 7. The van der Waals surface area contributed by atoms with Gasteiger partial charge in [0, 0.05) is 23.1 Å². The molecule has 1 fully saturated rings. The third-order valence-electron chi connectivity index (χ3n) is 4.84. The molecule has 3 N–H and O–H groups in total. The highest BCUT2D eigenvalue weighted by atomic mass is 79.9. The number of aromatic carboxylic acids is 1. The lowest BCUT2D eigenvalue weighted by molar-refractivity contribution is 0.0383. The van der Waals surface area contributed by atoms with E-state index in [0.717, 1.165) is 29.4 Å². The Kier molecular flexibility index (Phi) is 7.07. The molecule has 6 nitrogen and oxygen atoms in total. The molecule has 2 aromatic carbocycles. The number of piperidine rings is 1. The van der Waals surface area contributed by atoms with E-state index in [1.54, 1.807) is 30.3 Å². The molecular formula is C21H24BrNO5. The van der Waals surface area contributed by atoms with Gasteiger partial charge < -0.3 is 20.1 Å². The van der Waals surface area contributed by atoms with Crippen LogP contribution in [0.5, 0.6) is 5.75 Å². The Bertz CT molecular complexity index is 811. The molecule has 0 radical (unpaired) electrons. The van der Waals surface area contributed by atoms with Crippen molar-refractivity contribution in [2.45, 2.75) is 31.7 Å². The Morgan fingerprint density at radius 3 is 2.68 bits per heavy atom. The van der Waals surface area contributed by atoms with E-state index in [4.69, 9.17) is 9.84 Å². The van der Waals surface area contributed by atoms with Gasteiger partial charge in [-0.1, -0.05) is 28.1 Å². The van der Waals surface area contributed by atoms with Crippen molar-refractivity contribution in [3.8, 4) is 5.75 Å². The third kappa shape index (κ3) is 5.54. The van der Waals surface area contributed by atoms with Gasteiger partial charge in [0.05, 0.1) is 17.8 Å². The summed E-state index contributed by atoms with van der Waals surface area (Å²) in [5.74, 6) is -0.385. The lowest BCUT2D eigenvalue weighted by Gasteiger charge is -2.31. The van der Waals surface area contributed by atoms with Crippen LogP contribution < -0.4 is 4.74 Å². The minimum atomic E-state index is -0.964. The highest BCUT2D eigenvalue weighted by Gasteiger charge is 2.22. The zero-order valence-electron chi connectivity index (χ0n) is 15.4. The van der Waals surface area contributed by atoms with Gasteiger partial charge >= 0.3 is 5.97 Å². The summed E-state index contributed by atoms with van der Waals surface area (Å²) >= 11 is 3.44. The average molecular weight is 450 g/mol. The first-order valence-corrected chi connectivity index (χ1v) is 10.0. The molecule has 0 aromatic heterocycles. The first kappa shape index (κ1) is 20.8. The quantitative estimate of drug-likeness (QED) is 0.601. The molecule has 1 aliphatic heterocycles. The first-order chi connectivity index (χ1) is 13.4. The van der Waals surface area contributed by atoms with Crippen molar-refractivity contribution < 1.29 is 24.9 Å². The summed E-state index contributed by atoms with van der Waals surface area (Å²) in [7, 11) is 0. The Morgan fingerprint density at radius 2 is 2.00 bits per heavy atom. The number of hydrogen-bond donors (Lipinski definition) is 3. The zero-order chi connectivity index (χ0) is 20.1. The fourth-order valence-electron chi connectivity index (χ4n) is 3.36. The van der Waals surface area contributed by atoms with Gasteiger partial charge in [-0.25, -0.2) is 4.79 Å². The maximum absolute atomic E-state index is 10.9. The van der Waals surface area contributed by atoms with Gasteiger partial charge in [0.15, 0.2) is 0 Å². The van der Waals surface area contributed by atoms with Crippen LogP contribution in [0, 0.1) is 0 Å². The molecule has 1 aliphatic rings. The molecular weight excluding hydrogens is 426 g/mol. The topological polar surface area (TPSA) is 90.2 Å². The zero-order valence-corrected chi connectivity index (χ0v) is 17.0. The maximum Gasteiger partial charge on any atom is 0.335 e. The molecule has 0 bridgehead atoms. The molecule has 28 heavy (non-hydrogen) atoms. The SMILES string of the molecule is O=C(O)c1ccc(COc2ccc(Br)cc2C(O)CN2CCCC(O)C2)cc1. The average Bonchev–Trinajstić information content (AvgIpc) is 2.67. The summed E-state index contributed by atoms with van der Waals surface area (Å²) in [6.07, 6.45) is 0.640. The van der Waals surface area contributed by atoms with Gasteiger partial charge in [-0.3, -0.25) is 4.90 Å². The number of hydrogen-bond acceptors (Lipinski definition) is 5. The maximum atomic E-state index is 10.9. The van der Waals surface area contributed by atoms with E-state index in [1.165, 1.54) is 0 Å². The lowest BCUT2D eigenvalue weighted by atomic mass is 10.0. The summed E-state index contributed by atoms with van der Waals surface area (Å²) in [6, 6.07) is 12.0. The van der Waals surface area contributed by atoms with Crippen LogP contribution in [0.15, 0.2) is 46.9 Å². The van der Waals surface area contributed by atoms with Crippen LogP contribution in [0.4, 0.5) is 0 Å². The van der Waals surface area contributed by atoms with Crippen LogP contribution in [0.2, 0.25) is 0 Å². The summed E-state index contributed by atoms with van der Waals surface area (Å²) in [4.78, 5) is 13.0. The van der Waals surface area contributed by atoms with Crippen LogP contribution in [-0.4, -0.2) is 51.9 Å². The molecule has 150 valence electrons. The number of carboxylic acid groups (broad SMARTS) is 1. The second-order valence-corrected chi connectivity index (χ2v) is 7.96. The molecule has 0 amide bonds. The van der Waals surface area contributed by atoms with Crippen molar-refractivity contribution in [2.24, 2.45) is 0 Å². The second kappa shape index (κ2) is 9.52.